The van der Waals surface area contributed by atoms with Crippen LogP contribution in [0.3, 0.4) is 0 Å². The van der Waals surface area contributed by atoms with Crippen LogP contribution in [0.4, 0.5) is 5.69 Å². The fraction of sp³-hybridized carbons (Fsp3) is 0.318. The first-order valence-corrected chi connectivity index (χ1v) is 13.5. The van der Waals surface area contributed by atoms with Gasteiger partial charge in [0.2, 0.25) is 0 Å². The van der Waals surface area contributed by atoms with E-state index in [1.54, 1.807) is 0 Å². The van der Waals surface area contributed by atoms with E-state index in [0.717, 1.165) is 59.5 Å². The number of fused-ring (bicyclic) bond motifs is 2. The third-order valence-corrected chi connectivity index (χ3v) is 9.70. The Morgan fingerprint density at radius 2 is 1.82 bits per heavy atom. The topological polar surface area (TPSA) is 101 Å². The highest BCUT2D eigenvalue weighted by molar-refractivity contribution is 7.92. The zero-order valence-electron chi connectivity index (χ0n) is 17.8. The average molecular weight is 506 g/mol. The molecular weight excluding hydrogens is 482 g/mol. The van der Waals surface area contributed by atoms with Crippen molar-refractivity contribution in [3.63, 3.8) is 0 Å². The molecule has 1 saturated heterocycles. The van der Waals surface area contributed by atoms with Crippen LogP contribution in [0.15, 0.2) is 51.5 Å². The first-order valence-electron chi connectivity index (χ1n) is 10.8. The second-order valence-electron chi connectivity index (χ2n) is 8.06. The molecule has 0 radical (unpaired) electrons. The molecule has 8 nitrogen and oxygen atoms in total. The third kappa shape index (κ3) is 4.53. The standard InChI is InChI=1S/C22H24ClN5O3S2/c23-19-15-5-1-2-8-18(15)32-21(19)33(30,31)24-9-4-10-27-11-13-28(14-12-27)17-7-3-6-16-20(17)26-22(29)25-16/h1-3,5-8,24H,4,9-14H2,(H2,25,26,29). The molecule has 0 aliphatic carbocycles. The zero-order valence-corrected chi connectivity index (χ0v) is 20.2. The number of hydrogen-bond acceptors (Lipinski definition) is 6. The summed E-state index contributed by atoms with van der Waals surface area (Å²) >= 11 is 7.53. The molecule has 11 heteroatoms. The molecule has 0 atom stereocenters. The fourth-order valence-electron chi connectivity index (χ4n) is 4.26. The van der Waals surface area contributed by atoms with Gasteiger partial charge in [0.15, 0.2) is 4.21 Å². The number of piperazine rings is 1. The second kappa shape index (κ2) is 9.11. The molecule has 1 aliphatic heterocycles. The SMILES string of the molecule is O=c1[nH]c2cccc(N3CCN(CCCNS(=O)(=O)c4sc5ccccc5c4Cl)CC3)c2[nH]1. The predicted octanol–water partition coefficient (Wildman–Crippen LogP) is 3.21. The number of nitrogens with one attached hydrogen (secondary N) is 3. The van der Waals surface area contributed by atoms with Gasteiger partial charge in [-0.05, 0) is 31.2 Å². The number of aromatic nitrogens is 2. The number of hydrogen-bond donors (Lipinski definition) is 3. The minimum atomic E-state index is -3.64. The number of imidazole rings is 1. The molecule has 174 valence electrons. The molecule has 0 unspecified atom stereocenters. The molecule has 2 aromatic carbocycles. The van der Waals surface area contributed by atoms with Crippen molar-refractivity contribution in [1.82, 2.24) is 19.6 Å². The highest BCUT2D eigenvalue weighted by Gasteiger charge is 2.23. The molecule has 1 fully saturated rings. The van der Waals surface area contributed by atoms with Gasteiger partial charge in [-0.25, -0.2) is 17.9 Å². The first-order chi connectivity index (χ1) is 15.9. The monoisotopic (exact) mass is 505 g/mol. The van der Waals surface area contributed by atoms with Gasteiger partial charge in [-0.2, -0.15) is 0 Å². The molecule has 2 aromatic heterocycles. The van der Waals surface area contributed by atoms with Gasteiger partial charge in [-0.1, -0.05) is 35.9 Å². The lowest BCUT2D eigenvalue weighted by molar-refractivity contribution is 0.255. The lowest BCUT2D eigenvalue weighted by Crippen LogP contribution is -2.47. The summed E-state index contributed by atoms with van der Waals surface area (Å²) in [5.41, 5.74) is 2.48. The van der Waals surface area contributed by atoms with E-state index in [9.17, 15) is 13.2 Å². The maximum absolute atomic E-state index is 12.7. The van der Waals surface area contributed by atoms with Crippen molar-refractivity contribution in [3.05, 3.63) is 58.0 Å². The molecule has 0 amide bonds. The number of nitrogens with zero attached hydrogens (tertiary/aromatic N) is 2. The van der Waals surface area contributed by atoms with Crippen LogP contribution in [0.5, 0.6) is 0 Å². The molecule has 33 heavy (non-hydrogen) atoms. The van der Waals surface area contributed by atoms with Gasteiger partial charge in [-0.3, -0.25) is 4.90 Å². The number of rotatable bonds is 7. The number of sulfonamides is 1. The Morgan fingerprint density at radius 3 is 2.61 bits per heavy atom. The maximum atomic E-state index is 12.7. The Labute approximate surface area is 200 Å². The normalized spacial score (nSPS) is 15.6. The number of H-pyrrole nitrogens is 2. The van der Waals surface area contributed by atoms with Gasteiger partial charge in [0.1, 0.15) is 0 Å². The third-order valence-electron chi connectivity index (χ3n) is 5.93. The second-order valence-corrected chi connectivity index (χ2v) is 11.5. The van der Waals surface area contributed by atoms with Gasteiger partial charge in [0, 0.05) is 42.8 Å². The summed E-state index contributed by atoms with van der Waals surface area (Å²) < 4.78 is 29.2. The molecule has 5 rings (SSSR count). The van der Waals surface area contributed by atoms with E-state index < -0.39 is 10.0 Å². The first kappa shape index (κ1) is 22.4. The largest absolute Gasteiger partial charge is 0.367 e. The van der Waals surface area contributed by atoms with Crippen molar-refractivity contribution in [1.29, 1.82) is 0 Å². The number of thiophene rings is 1. The van der Waals surface area contributed by atoms with E-state index in [0.29, 0.717) is 13.0 Å². The zero-order chi connectivity index (χ0) is 23.0. The van der Waals surface area contributed by atoms with Crippen LogP contribution >= 0.6 is 22.9 Å². The van der Waals surface area contributed by atoms with Gasteiger partial charge >= 0.3 is 5.69 Å². The van der Waals surface area contributed by atoms with E-state index in [-0.39, 0.29) is 14.9 Å². The van der Waals surface area contributed by atoms with Gasteiger partial charge in [0.05, 0.1) is 21.7 Å². The quantitative estimate of drug-likeness (QED) is 0.335. The molecule has 0 saturated carbocycles. The Bertz CT molecular complexity index is 1450. The van der Waals surface area contributed by atoms with E-state index in [1.165, 1.54) is 11.3 Å². The van der Waals surface area contributed by atoms with Gasteiger partial charge < -0.3 is 14.9 Å². The van der Waals surface area contributed by atoms with Crippen molar-refractivity contribution < 1.29 is 8.42 Å². The van der Waals surface area contributed by atoms with Crippen LogP contribution in [-0.2, 0) is 10.0 Å². The van der Waals surface area contributed by atoms with Crippen LogP contribution in [0.1, 0.15) is 6.42 Å². The molecule has 3 N–H and O–H groups in total. The number of halogens is 1. The summed E-state index contributed by atoms with van der Waals surface area (Å²) in [5.74, 6) is 0. The van der Waals surface area contributed by atoms with Gasteiger partial charge in [-0.15, -0.1) is 11.3 Å². The van der Waals surface area contributed by atoms with Crippen LogP contribution in [0.25, 0.3) is 21.1 Å². The van der Waals surface area contributed by atoms with Crippen molar-refractivity contribution in [2.75, 3.05) is 44.2 Å². The van der Waals surface area contributed by atoms with Gasteiger partial charge in [0.25, 0.3) is 10.0 Å². The summed E-state index contributed by atoms with van der Waals surface area (Å²) in [6.45, 7) is 4.60. The molecule has 1 aliphatic rings. The lowest BCUT2D eigenvalue weighted by atomic mass is 10.2. The minimum absolute atomic E-state index is 0.177. The molecular formula is C22H24ClN5O3S2. The Morgan fingerprint density at radius 1 is 1.03 bits per heavy atom. The highest BCUT2D eigenvalue weighted by Crippen LogP contribution is 2.38. The lowest BCUT2D eigenvalue weighted by Gasteiger charge is -2.36. The Balaban J connectivity index is 1.13. The average Bonchev–Trinajstić information content (AvgIpc) is 3.37. The summed E-state index contributed by atoms with van der Waals surface area (Å²) in [4.78, 5) is 21.9. The van der Waals surface area contributed by atoms with E-state index in [1.807, 2.05) is 42.5 Å². The fourth-order valence-corrected chi connectivity index (χ4v) is 7.50. The van der Waals surface area contributed by atoms with E-state index in [2.05, 4.69) is 24.5 Å². The van der Waals surface area contributed by atoms with Crippen LogP contribution in [0.2, 0.25) is 5.02 Å². The number of aromatic amines is 2. The number of para-hydroxylation sites is 1. The van der Waals surface area contributed by atoms with Crippen LogP contribution in [-0.4, -0.2) is 62.6 Å². The van der Waals surface area contributed by atoms with Crippen molar-refractivity contribution in [3.8, 4) is 0 Å². The van der Waals surface area contributed by atoms with Crippen LogP contribution < -0.4 is 15.3 Å². The Hall–Kier alpha value is -2.37. The van der Waals surface area contributed by atoms with E-state index in [4.69, 9.17) is 11.6 Å². The number of anilines is 1. The summed E-state index contributed by atoms with van der Waals surface area (Å²) in [5, 5.41) is 1.06. The summed E-state index contributed by atoms with van der Waals surface area (Å²) in [6.07, 6.45) is 0.711. The molecule has 0 bridgehead atoms. The summed E-state index contributed by atoms with van der Waals surface area (Å²) in [6, 6.07) is 13.3. The van der Waals surface area contributed by atoms with Crippen LogP contribution in [0, 0.1) is 0 Å². The predicted molar refractivity (Wildman–Crippen MR) is 134 cm³/mol. The highest BCUT2D eigenvalue weighted by atomic mass is 35.5. The van der Waals surface area contributed by atoms with Crippen molar-refractivity contribution in [2.24, 2.45) is 0 Å². The number of benzene rings is 2. The summed E-state index contributed by atoms with van der Waals surface area (Å²) in [7, 11) is -3.64. The molecule has 0 spiro atoms. The van der Waals surface area contributed by atoms with E-state index >= 15 is 0 Å². The molecule has 3 heterocycles. The van der Waals surface area contributed by atoms with Crippen molar-refractivity contribution in [2.45, 2.75) is 10.6 Å². The maximum Gasteiger partial charge on any atom is 0.323 e. The smallest absolute Gasteiger partial charge is 0.323 e. The van der Waals surface area contributed by atoms with Crippen molar-refractivity contribution >= 4 is 59.8 Å². The molecule has 4 aromatic rings. The Kier molecular flexibility index (Phi) is 6.19. The minimum Gasteiger partial charge on any atom is -0.367 e.